The second-order valence-corrected chi connectivity index (χ2v) is 9.46. The van der Waals surface area contributed by atoms with E-state index in [4.69, 9.17) is 9.47 Å². The molecule has 1 unspecified atom stereocenters. The molecule has 1 aliphatic rings. The average Bonchev–Trinajstić information content (AvgIpc) is 3.23. The molecule has 1 amide bonds. The minimum absolute atomic E-state index is 0.210. The van der Waals surface area contributed by atoms with Gasteiger partial charge in [0.25, 0.3) is 11.5 Å². The van der Waals surface area contributed by atoms with E-state index in [0.717, 1.165) is 16.9 Å². The quantitative estimate of drug-likeness (QED) is 0.426. The average molecular weight is 512 g/mol. The highest BCUT2D eigenvalue weighted by Crippen LogP contribution is 2.31. The van der Waals surface area contributed by atoms with Gasteiger partial charge in [0.1, 0.15) is 11.5 Å². The number of fused-ring (bicyclic) bond motifs is 1. The number of amides is 1. The van der Waals surface area contributed by atoms with E-state index in [9.17, 15) is 9.59 Å². The minimum Gasteiger partial charge on any atom is -0.497 e. The monoisotopic (exact) mass is 511 g/mol. The van der Waals surface area contributed by atoms with Gasteiger partial charge in [0.2, 0.25) is 0 Å². The third-order valence-corrected chi connectivity index (χ3v) is 7.13. The number of nitrogens with one attached hydrogen (secondary N) is 1. The molecule has 0 saturated carbocycles. The summed E-state index contributed by atoms with van der Waals surface area (Å²) in [6.07, 6.45) is 1.83. The van der Waals surface area contributed by atoms with E-state index < -0.39 is 6.04 Å². The lowest BCUT2D eigenvalue weighted by Crippen LogP contribution is -2.40. The smallest absolute Gasteiger partial charge is 0.271 e. The predicted octanol–water partition coefficient (Wildman–Crippen LogP) is 3.89. The third kappa shape index (κ3) is 4.83. The summed E-state index contributed by atoms with van der Waals surface area (Å²) in [6.45, 7) is 1.80. The molecule has 0 fully saturated rings. The molecule has 0 saturated heterocycles. The molecule has 8 heteroatoms. The van der Waals surface area contributed by atoms with Crippen LogP contribution in [0.25, 0.3) is 6.08 Å². The standard InChI is InChI=1S/C29H25N3O4S/c1-18-25(27(33)31-21-7-5-4-6-8-21)26(20-11-15-23(36-3)16-12-20)32-28(34)24(37-29(32)30-18)17-19-9-13-22(35-2)14-10-19/h4-17,26H,1-3H3,(H,31,33). The van der Waals surface area contributed by atoms with Crippen LogP contribution >= 0.6 is 11.3 Å². The van der Waals surface area contributed by atoms with Gasteiger partial charge in [-0.05, 0) is 60.5 Å². The van der Waals surface area contributed by atoms with E-state index >= 15 is 0 Å². The van der Waals surface area contributed by atoms with Crippen molar-refractivity contribution in [3.63, 3.8) is 0 Å². The molecule has 3 aromatic carbocycles. The van der Waals surface area contributed by atoms with E-state index in [-0.39, 0.29) is 11.5 Å². The summed E-state index contributed by atoms with van der Waals surface area (Å²) in [4.78, 5) is 32.6. The SMILES string of the molecule is COc1ccc(C=c2sc3n(c2=O)C(c2ccc(OC)cc2)C(C(=O)Nc2ccccc2)=C(C)N=3)cc1. The van der Waals surface area contributed by atoms with E-state index in [1.54, 1.807) is 25.7 Å². The van der Waals surface area contributed by atoms with Crippen LogP contribution in [0, 0.1) is 0 Å². The van der Waals surface area contributed by atoms with Crippen molar-refractivity contribution >= 4 is 29.0 Å². The third-order valence-electron chi connectivity index (χ3n) is 6.14. The molecule has 1 N–H and O–H groups in total. The van der Waals surface area contributed by atoms with Gasteiger partial charge < -0.3 is 14.8 Å². The molecule has 0 spiro atoms. The Kier molecular flexibility index (Phi) is 6.74. The zero-order valence-electron chi connectivity index (χ0n) is 20.6. The van der Waals surface area contributed by atoms with Crippen molar-refractivity contribution < 1.29 is 14.3 Å². The Labute approximate surface area is 217 Å². The second kappa shape index (κ2) is 10.3. The van der Waals surface area contributed by atoms with Crippen molar-refractivity contribution in [2.45, 2.75) is 13.0 Å². The number of benzene rings is 3. The maximum atomic E-state index is 13.8. The highest BCUT2D eigenvalue weighted by Gasteiger charge is 2.32. The molecule has 5 rings (SSSR count). The van der Waals surface area contributed by atoms with Gasteiger partial charge in [0.15, 0.2) is 4.80 Å². The molecule has 0 bridgehead atoms. The molecule has 0 aliphatic carbocycles. The van der Waals surface area contributed by atoms with Crippen molar-refractivity contribution in [2.24, 2.45) is 4.99 Å². The van der Waals surface area contributed by atoms with Crippen LogP contribution in [-0.2, 0) is 4.79 Å². The largest absolute Gasteiger partial charge is 0.497 e. The number of allylic oxidation sites excluding steroid dienone is 1. The van der Waals surface area contributed by atoms with Crippen LogP contribution in [0.2, 0.25) is 0 Å². The van der Waals surface area contributed by atoms with Gasteiger partial charge in [-0.1, -0.05) is 53.8 Å². The van der Waals surface area contributed by atoms with Crippen LogP contribution < -0.4 is 29.7 Å². The molecule has 1 aliphatic heterocycles. The fourth-order valence-electron chi connectivity index (χ4n) is 4.28. The van der Waals surface area contributed by atoms with Gasteiger partial charge in [0.05, 0.1) is 36.1 Å². The first kappa shape index (κ1) is 24.3. The fourth-order valence-corrected chi connectivity index (χ4v) is 5.33. The number of methoxy groups -OCH3 is 2. The van der Waals surface area contributed by atoms with Gasteiger partial charge in [-0.3, -0.25) is 14.2 Å². The van der Waals surface area contributed by atoms with Crippen LogP contribution in [-0.4, -0.2) is 24.7 Å². The first-order chi connectivity index (χ1) is 18.0. The molecule has 7 nitrogen and oxygen atoms in total. The van der Waals surface area contributed by atoms with Gasteiger partial charge >= 0.3 is 0 Å². The van der Waals surface area contributed by atoms with Crippen LogP contribution in [0.3, 0.4) is 0 Å². The van der Waals surface area contributed by atoms with Crippen molar-refractivity contribution in [1.82, 2.24) is 4.57 Å². The van der Waals surface area contributed by atoms with E-state index in [2.05, 4.69) is 10.3 Å². The van der Waals surface area contributed by atoms with Gasteiger partial charge in [-0.25, -0.2) is 4.99 Å². The number of rotatable bonds is 6. The van der Waals surface area contributed by atoms with Crippen LogP contribution in [0.4, 0.5) is 5.69 Å². The zero-order valence-corrected chi connectivity index (χ0v) is 21.4. The highest BCUT2D eigenvalue weighted by atomic mass is 32.1. The molecular formula is C29H25N3O4S. The summed E-state index contributed by atoms with van der Waals surface area (Å²) in [7, 11) is 3.21. The maximum Gasteiger partial charge on any atom is 0.271 e. The Morgan fingerprint density at radius 3 is 2.19 bits per heavy atom. The first-order valence-electron chi connectivity index (χ1n) is 11.7. The Hall–Kier alpha value is -4.43. The highest BCUT2D eigenvalue weighted by molar-refractivity contribution is 7.07. The predicted molar refractivity (Wildman–Crippen MR) is 145 cm³/mol. The Bertz CT molecular complexity index is 1650. The Morgan fingerprint density at radius 1 is 0.946 bits per heavy atom. The number of aromatic nitrogens is 1. The van der Waals surface area contributed by atoms with Crippen molar-refractivity contribution in [1.29, 1.82) is 0 Å². The first-order valence-corrected chi connectivity index (χ1v) is 12.5. The normalized spacial score (nSPS) is 15.1. The number of anilines is 1. The topological polar surface area (TPSA) is 81.9 Å². The van der Waals surface area contributed by atoms with Gasteiger partial charge in [0, 0.05) is 5.69 Å². The van der Waals surface area contributed by atoms with Crippen LogP contribution in [0.5, 0.6) is 11.5 Å². The molecule has 4 aromatic rings. The van der Waals surface area contributed by atoms with E-state index in [1.165, 1.54) is 11.3 Å². The summed E-state index contributed by atoms with van der Waals surface area (Å²) >= 11 is 1.30. The lowest BCUT2D eigenvalue weighted by molar-refractivity contribution is -0.113. The molecular weight excluding hydrogens is 486 g/mol. The molecule has 1 aromatic heterocycles. The zero-order chi connectivity index (χ0) is 25.9. The number of ether oxygens (including phenoxy) is 2. The van der Waals surface area contributed by atoms with Gasteiger partial charge in [-0.15, -0.1) is 0 Å². The van der Waals surface area contributed by atoms with E-state index in [0.29, 0.717) is 32.0 Å². The summed E-state index contributed by atoms with van der Waals surface area (Å²) in [5, 5.41) is 2.96. The van der Waals surface area contributed by atoms with Crippen molar-refractivity contribution in [2.75, 3.05) is 19.5 Å². The second-order valence-electron chi connectivity index (χ2n) is 8.45. The Balaban J connectivity index is 1.65. The molecule has 1 atom stereocenters. The number of hydrogen-bond acceptors (Lipinski definition) is 6. The minimum atomic E-state index is -0.649. The summed E-state index contributed by atoms with van der Waals surface area (Å²) in [5.41, 5.74) is 3.08. The lowest BCUT2D eigenvalue weighted by atomic mass is 9.95. The van der Waals surface area contributed by atoms with Gasteiger partial charge in [-0.2, -0.15) is 0 Å². The number of carbonyl (C=O) groups excluding carboxylic acids is 1. The number of para-hydroxylation sites is 1. The summed E-state index contributed by atoms with van der Waals surface area (Å²) in [5.74, 6) is 1.12. The number of nitrogens with zero attached hydrogens (tertiary/aromatic N) is 2. The van der Waals surface area contributed by atoms with Crippen LogP contribution in [0.15, 0.2) is 99.9 Å². The lowest BCUT2D eigenvalue weighted by Gasteiger charge is -2.25. The molecule has 2 heterocycles. The molecule has 186 valence electrons. The number of hydrogen-bond donors (Lipinski definition) is 1. The van der Waals surface area contributed by atoms with Crippen molar-refractivity contribution in [3.05, 3.63) is 121 Å². The number of thiazole rings is 1. The van der Waals surface area contributed by atoms with Crippen LogP contribution in [0.1, 0.15) is 24.1 Å². The van der Waals surface area contributed by atoms with Crippen molar-refractivity contribution in [3.8, 4) is 11.5 Å². The summed E-state index contributed by atoms with van der Waals surface area (Å²) in [6, 6.07) is 23.4. The summed E-state index contributed by atoms with van der Waals surface area (Å²) < 4.78 is 12.7. The fraction of sp³-hybridized carbons (Fsp3) is 0.138. The number of carbonyl (C=O) groups is 1. The Morgan fingerprint density at radius 2 is 1.57 bits per heavy atom. The molecule has 0 radical (unpaired) electrons. The molecule has 37 heavy (non-hydrogen) atoms. The maximum absolute atomic E-state index is 13.8. The van der Waals surface area contributed by atoms with E-state index in [1.807, 2.05) is 84.9 Å².